The van der Waals surface area contributed by atoms with Crippen molar-refractivity contribution in [2.75, 3.05) is 25.1 Å². The Balaban J connectivity index is 1.56. The third kappa shape index (κ3) is 5.51. The maximum Gasteiger partial charge on any atom is 0.321 e. The van der Waals surface area contributed by atoms with Gasteiger partial charge in [-0.15, -0.1) is 0 Å². The van der Waals surface area contributed by atoms with E-state index in [1.165, 1.54) is 25.7 Å². The van der Waals surface area contributed by atoms with Gasteiger partial charge in [-0.3, -0.25) is 4.79 Å². The number of anilines is 1. The van der Waals surface area contributed by atoms with Crippen LogP contribution in [0.5, 0.6) is 6.01 Å². The minimum atomic E-state index is -0.469. The van der Waals surface area contributed by atoms with Crippen molar-refractivity contribution in [2.45, 2.75) is 38.6 Å². The number of halogens is 2. The number of benzene rings is 1. The Labute approximate surface area is 168 Å². The first-order valence-corrected chi connectivity index (χ1v) is 9.67. The number of amides is 1. The van der Waals surface area contributed by atoms with Crippen molar-refractivity contribution in [2.24, 2.45) is 0 Å². The van der Waals surface area contributed by atoms with Gasteiger partial charge in [-0.1, -0.05) is 17.7 Å². The third-order valence-electron chi connectivity index (χ3n) is 4.54. The zero-order valence-electron chi connectivity index (χ0n) is 15.8. The molecule has 0 aliphatic carbocycles. The summed E-state index contributed by atoms with van der Waals surface area (Å²) in [4.78, 5) is 27.3. The lowest BCUT2D eigenvalue weighted by Crippen LogP contribution is -2.32. The summed E-state index contributed by atoms with van der Waals surface area (Å²) < 4.78 is 18.4. The van der Waals surface area contributed by atoms with Crippen molar-refractivity contribution >= 4 is 23.5 Å². The summed E-state index contributed by atoms with van der Waals surface area (Å²) in [6.07, 6.45) is 4.14. The number of carbonyl (C=O) groups excluding carboxylic acids is 1. The lowest BCUT2D eigenvalue weighted by molar-refractivity contribution is -0.121. The number of nitrogens with one attached hydrogen (secondary N) is 1. The van der Waals surface area contributed by atoms with E-state index in [0.717, 1.165) is 31.5 Å². The average Bonchev–Trinajstić information content (AvgIpc) is 2.73. The summed E-state index contributed by atoms with van der Waals surface area (Å²) in [5.41, 5.74) is 0.802. The topological polar surface area (TPSA) is 80.2 Å². The fraction of sp³-hybridized carbons (Fsp3) is 0.474. The molecule has 1 fully saturated rings. The minimum Gasteiger partial charge on any atom is -0.467 e. The van der Waals surface area contributed by atoms with E-state index >= 15 is 0 Å². The van der Waals surface area contributed by atoms with E-state index in [1.807, 2.05) is 0 Å². The highest BCUT2D eigenvalue weighted by Crippen LogP contribution is 2.18. The molecule has 2 heterocycles. The molecule has 28 heavy (non-hydrogen) atoms. The van der Waals surface area contributed by atoms with E-state index in [0.29, 0.717) is 18.2 Å². The highest BCUT2D eigenvalue weighted by Gasteiger charge is 2.17. The number of hydrogen-bond donors (Lipinski definition) is 1. The molecule has 2 aromatic rings. The van der Waals surface area contributed by atoms with Crippen molar-refractivity contribution in [3.8, 4) is 6.01 Å². The molecule has 1 aromatic heterocycles. The van der Waals surface area contributed by atoms with Crippen LogP contribution in [0.4, 0.5) is 10.3 Å². The van der Waals surface area contributed by atoms with Crippen molar-refractivity contribution in [1.29, 1.82) is 0 Å². The van der Waals surface area contributed by atoms with Crippen LogP contribution in [0.2, 0.25) is 5.02 Å². The normalized spacial score (nSPS) is 14.0. The minimum absolute atomic E-state index is 0.0560. The van der Waals surface area contributed by atoms with Gasteiger partial charge in [0.15, 0.2) is 5.82 Å². The van der Waals surface area contributed by atoms with Gasteiger partial charge in [0, 0.05) is 19.5 Å². The Morgan fingerprint density at radius 1 is 1.25 bits per heavy atom. The first kappa shape index (κ1) is 20.3. The van der Waals surface area contributed by atoms with E-state index in [9.17, 15) is 9.18 Å². The van der Waals surface area contributed by atoms with Gasteiger partial charge in [0.05, 0.1) is 18.7 Å². The van der Waals surface area contributed by atoms with Crippen LogP contribution in [0.15, 0.2) is 18.2 Å². The molecule has 1 aliphatic rings. The van der Waals surface area contributed by atoms with E-state index in [4.69, 9.17) is 16.3 Å². The highest BCUT2D eigenvalue weighted by atomic mass is 35.5. The Bertz CT molecular complexity index is 830. The molecule has 0 bridgehead atoms. The number of nitrogens with zero attached hydrogens (tertiary/aromatic N) is 4. The van der Waals surface area contributed by atoms with Gasteiger partial charge in [0.1, 0.15) is 5.82 Å². The molecule has 0 radical (unpaired) electrons. The smallest absolute Gasteiger partial charge is 0.321 e. The first-order chi connectivity index (χ1) is 13.5. The second-order valence-electron chi connectivity index (χ2n) is 6.61. The monoisotopic (exact) mass is 407 g/mol. The summed E-state index contributed by atoms with van der Waals surface area (Å²) in [6.45, 7) is 1.99. The van der Waals surface area contributed by atoms with Gasteiger partial charge in [-0.25, -0.2) is 4.39 Å². The summed E-state index contributed by atoms with van der Waals surface area (Å²) in [5, 5.41) is 2.86. The predicted octanol–water partition coefficient (Wildman–Crippen LogP) is 2.91. The summed E-state index contributed by atoms with van der Waals surface area (Å²) >= 11 is 5.76. The average molecular weight is 408 g/mol. The van der Waals surface area contributed by atoms with Gasteiger partial charge in [0.2, 0.25) is 11.9 Å². The molecule has 3 rings (SSSR count). The molecule has 0 spiro atoms. The number of hydrogen-bond acceptors (Lipinski definition) is 6. The fourth-order valence-corrected chi connectivity index (χ4v) is 3.21. The Morgan fingerprint density at radius 2 is 2.04 bits per heavy atom. The predicted molar refractivity (Wildman–Crippen MR) is 104 cm³/mol. The van der Waals surface area contributed by atoms with Crippen LogP contribution in [-0.2, 0) is 17.8 Å². The van der Waals surface area contributed by atoms with E-state index in [2.05, 4.69) is 25.2 Å². The summed E-state index contributed by atoms with van der Waals surface area (Å²) in [5.74, 6) is 0.407. The fourth-order valence-electron chi connectivity index (χ4n) is 3.01. The molecular formula is C19H23ClFN5O2. The van der Waals surface area contributed by atoms with Crippen LogP contribution >= 0.6 is 11.6 Å². The van der Waals surface area contributed by atoms with Crippen molar-refractivity contribution in [3.05, 3.63) is 40.4 Å². The molecule has 1 N–H and O–H groups in total. The van der Waals surface area contributed by atoms with Crippen LogP contribution in [-0.4, -0.2) is 41.1 Å². The van der Waals surface area contributed by atoms with Gasteiger partial charge >= 0.3 is 6.01 Å². The number of aromatic nitrogens is 3. The Kier molecular flexibility index (Phi) is 6.97. The van der Waals surface area contributed by atoms with Crippen molar-refractivity contribution < 1.29 is 13.9 Å². The van der Waals surface area contributed by atoms with Crippen LogP contribution in [0, 0.1) is 5.82 Å². The second-order valence-corrected chi connectivity index (χ2v) is 7.02. The molecule has 1 aliphatic heterocycles. The van der Waals surface area contributed by atoms with Crippen molar-refractivity contribution in [1.82, 2.24) is 20.3 Å². The molecule has 7 nitrogen and oxygen atoms in total. The summed E-state index contributed by atoms with van der Waals surface area (Å²) in [7, 11) is 1.51. The second kappa shape index (κ2) is 9.64. The molecular weight excluding hydrogens is 385 g/mol. The van der Waals surface area contributed by atoms with Gasteiger partial charge in [0.25, 0.3) is 0 Å². The van der Waals surface area contributed by atoms with E-state index in [-0.39, 0.29) is 29.9 Å². The Morgan fingerprint density at radius 3 is 2.75 bits per heavy atom. The number of methoxy groups -OCH3 is 1. The van der Waals surface area contributed by atoms with Crippen LogP contribution in [0.25, 0.3) is 0 Å². The molecule has 150 valence electrons. The highest BCUT2D eigenvalue weighted by molar-refractivity contribution is 6.30. The third-order valence-corrected chi connectivity index (χ3v) is 4.83. The lowest BCUT2D eigenvalue weighted by atomic mass is 10.1. The summed E-state index contributed by atoms with van der Waals surface area (Å²) in [6, 6.07) is 4.69. The lowest BCUT2D eigenvalue weighted by Gasteiger charge is -2.26. The number of piperidine rings is 1. The molecule has 9 heteroatoms. The van der Waals surface area contributed by atoms with Crippen molar-refractivity contribution in [3.63, 3.8) is 0 Å². The molecule has 1 saturated heterocycles. The van der Waals surface area contributed by atoms with E-state index in [1.54, 1.807) is 6.07 Å². The zero-order valence-corrected chi connectivity index (χ0v) is 16.5. The maximum absolute atomic E-state index is 13.2. The molecule has 0 saturated carbocycles. The first-order valence-electron chi connectivity index (χ1n) is 9.29. The number of aryl methyl sites for hydroxylation is 1. The quantitative estimate of drug-likeness (QED) is 0.760. The molecule has 0 atom stereocenters. The largest absolute Gasteiger partial charge is 0.467 e. The molecule has 1 aromatic carbocycles. The van der Waals surface area contributed by atoms with Crippen LogP contribution in [0.3, 0.4) is 0 Å². The Hall–Kier alpha value is -2.48. The van der Waals surface area contributed by atoms with Gasteiger partial charge < -0.3 is 15.0 Å². The van der Waals surface area contributed by atoms with Gasteiger partial charge in [-0.05, 0) is 43.4 Å². The maximum atomic E-state index is 13.2. The van der Waals surface area contributed by atoms with Crippen LogP contribution in [0.1, 0.15) is 37.1 Å². The zero-order chi connectivity index (χ0) is 19.9. The van der Waals surface area contributed by atoms with E-state index < -0.39 is 5.82 Å². The van der Waals surface area contributed by atoms with Gasteiger partial charge in [-0.2, -0.15) is 15.0 Å². The number of rotatable bonds is 7. The number of carbonyl (C=O) groups is 1. The standard InChI is InChI=1S/C19H23ClFN5O2/c1-28-19-24-16(23-18(25-19)26-9-3-2-4-10-26)12-22-17(27)8-6-13-5-7-15(21)14(20)11-13/h5,7,11H,2-4,6,8-10,12H2,1H3,(H,22,27). The van der Waals surface area contributed by atoms with Crippen LogP contribution < -0.4 is 15.0 Å². The molecule has 1 amide bonds. The number of ether oxygens (including phenoxy) is 1. The molecule has 0 unspecified atom stereocenters. The SMILES string of the molecule is COc1nc(CNC(=O)CCc2ccc(F)c(Cl)c2)nc(N2CCCCC2)n1.